The number of carbonyl (C=O) groups excluding carboxylic acids is 1. The highest BCUT2D eigenvalue weighted by molar-refractivity contribution is 6.03. The number of anilines is 2. The fourth-order valence-corrected chi connectivity index (χ4v) is 4.46. The van der Waals surface area contributed by atoms with Crippen molar-refractivity contribution in [1.82, 2.24) is 19.9 Å². The Bertz CT molecular complexity index is 1050. The van der Waals surface area contributed by atoms with Gasteiger partial charge in [0, 0.05) is 49.7 Å². The first kappa shape index (κ1) is 18.9. The molecule has 2 aliphatic rings. The first-order chi connectivity index (χ1) is 14.8. The topological polar surface area (TPSA) is 74.2 Å². The first-order valence-electron chi connectivity index (χ1n) is 10.7. The molecule has 154 valence electrons. The van der Waals surface area contributed by atoms with Crippen molar-refractivity contribution in [3.05, 3.63) is 54.0 Å². The van der Waals surface area contributed by atoms with Gasteiger partial charge < -0.3 is 10.2 Å². The van der Waals surface area contributed by atoms with Gasteiger partial charge in [0.25, 0.3) is 0 Å². The van der Waals surface area contributed by atoms with Crippen LogP contribution in [0.25, 0.3) is 10.9 Å². The number of fused-ring (bicyclic) bond motifs is 2. The zero-order valence-corrected chi connectivity index (χ0v) is 17.0. The minimum atomic E-state index is 0.0449. The van der Waals surface area contributed by atoms with E-state index in [9.17, 15) is 4.79 Å². The highest BCUT2D eigenvalue weighted by Crippen LogP contribution is 2.33. The molecule has 3 aromatic rings. The number of amides is 1. The summed E-state index contributed by atoms with van der Waals surface area (Å²) in [7, 11) is 0. The van der Waals surface area contributed by atoms with Crippen LogP contribution in [-0.4, -0.2) is 58.5 Å². The SMILES string of the molecule is O=C(CN1CCN(c2ncccn2)CC1)Nc1c2c(nc3ccccc13)CCCC2. The predicted octanol–water partition coefficient (Wildman–Crippen LogP) is 2.66. The van der Waals surface area contributed by atoms with Crippen molar-refractivity contribution >= 4 is 28.4 Å². The maximum Gasteiger partial charge on any atom is 0.238 e. The molecule has 2 aromatic heterocycles. The summed E-state index contributed by atoms with van der Waals surface area (Å²) in [5.74, 6) is 0.806. The molecule has 1 saturated heterocycles. The molecule has 0 saturated carbocycles. The summed E-state index contributed by atoms with van der Waals surface area (Å²) < 4.78 is 0. The highest BCUT2D eigenvalue weighted by Gasteiger charge is 2.23. The van der Waals surface area contributed by atoms with Crippen LogP contribution in [0.5, 0.6) is 0 Å². The lowest BCUT2D eigenvalue weighted by molar-refractivity contribution is -0.117. The van der Waals surface area contributed by atoms with E-state index in [1.54, 1.807) is 12.4 Å². The van der Waals surface area contributed by atoms with Crippen molar-refractivity contribution in [2.75, 3.05) is 42.9 Å². The second kappa shape index (κ2) is 8.36. The van der Waals surface area contributed by atoms with Crippen LogP contribution in [-0.2, 0) is 17.6 Å². The lowest BCUT2D eigenvalue weighted by Crippen LogP contribution is -2.49. The van der Waals surface area contributed by atoms with E-state index in [4.69, 9.17) is 4.98 Å². The number of hydrogen-bond donors (Lipinski definition) is 1. The number of rotatable bonds is 4. The van der Waals surface area contributed by atoms with E-state index in [1.165, 1.54) is 12.0 Å². The Balaban J connectivity index is 1.28. The number of carbonyl (C=O) groups is 1. The summed E-state index contributed by atoms with van der Waals surface area (Å²) >= 11 is 0. The predicted molar refractivity (Wildman–Crippen MR) is 118 cm³/mol. The molecule has 30 heavy (non-hydrogen) atoms. The molecule has 7 nitrogen and oxygen atoms in total. The van der Waals surface area contributed by atoms with Gasteiger partial charge in [-0.05, 0) is 43.4 Å². The molecule has 1 fully saturated rings. The number of pyridine rings is 1. The van der Waals surface area contributed by atoms with E-state index in [0.717, 1.165) is 73.7 Å². The number of para-hydroxylation sites is 1. The van der Waals surface area contributed by atoms with Gasteiger partial charge in [0.2, 0.25) is 11.9 Å². The fourth-order valence-electron chi connectivity index (χ4n) is 4.46. The van der Waals surface area contributed by atoms with E-state index in [0.29, 0.717) is 6.54 Å². The van der Waals surface area contributed by atoms with Crippen molar-refractivity contribution in [1.29, 1.82) is 0 Å². The molecular weight excluding hydrogens is 376 g/mol. The van der Waals surface area contributed by atoms with Gasteiger partial charge in [0.05, 0.1) is 17.7 Å². The molecule has 0 unspecified atom stereocenters. The Labute approximate surface area is 176 Å². The average Bonchev–Trinajstić information content (AvgIpc) is 2.80. The third-order valence-electron chi connectivity index (χ3n) is 6.01. The van der Waals surface area contributed by atoms with Crippen molar-refractivity contribution in [3.8, 4) is 0 Å². The summed E-state index contributed by atoms with van der Waals surface area (Å²) in [6.45, 7) is 3.69. The van der Waals surface area contributed by atoms with Gasteiger partial charge in [-0.25, -0.2) is 9.97 Å². The molecule has 0 radical (unpaired) electrons. The number of aryl methyl sites for hydroxylation is 1. The van der Waals surface area contributed by atoms with E-state index in [1.807, 2.05) is 24.3 Å². The number of piperazine rings is 1. The Hall–Kier alpha value is -3.06. The third kappa shape index (κ3) is 3.85. The number of nitrogens with zero attached hydrogens (tertiary/aromatic N) is 5. The Kier molecular flexibility index (Phi) is 5.27. The van der Waals surface area contributed by atoms with Crippen molar-refractivity contribution in [3.63, 3.8) is 0 Å². The van der Waals surface area contributed by atoms with Gasteiger partial charge in [-0.3, -0.25) is 14.7 Å². The quantitative estimate of drug-likeness (QED) is 0.723. The summed E-state index contributed by atoms with van der Waals surface area (Å²) in [5, 5.41) is 4.28. The average molecular weight is 403 g/mol. The minimum Gasteiger partial charge on any atom is -0.338 e. The molecule has 1 amide bonds. The molecule has 1 aromatic carbocycles. The molecule has 7 heteroatoms. The smallest absolute Gasteiger partial charge is 0.238 e. The second-order valence-corrected chi connectivity index (χ2v) is 8.00. The van der Waals surface area contributed by atoms with Crippen LogP contribution in [0.3, 0.4) is 0 Å². The van der Waals surface area contributed by atoms with Crippen LogP contribution in [0.2, 0.25) is 0 Å². The largest absolute Gasteiger partial charge is 0.338 e. The van der Waals surface area contributed by atoms with E-state index >= 15 is 0 Å². The number of hydrogen-bond acceptors (Lipinski definition) is 6. The molecule has 1 N–H and O–H groups in total. The van der Waals surface area contributed by atoms with Gasteiger partial charge in [-0.2, -0.15) is 0 Å². The molecule has 1 aliphatic carbocycles. The molecular formula is C23H26N6O. The zero-order chi connectivity index (χ0) is 20.3. The first-order valence-corrected chi connectivity index (χ1v) is 10.7. The molecule has 1 aliphatic heterocycles. The Morgan fingerprint density at radius 3 is 2.57 bits per heavy atom. The molecule has 0 bridgehead atoms. The summed E-state index contributed by atoms with van der Waals surface area (Å²) in [6, 6.07) is 9.94. The monoisotopic (exact) mass is 402 g/mol. The lowest BCUT2D eigenvalue weighted by atomic mass is 9.92. The van der Waals surface area contributed by atoms with Crippen molar-refractivity contribution in [2.24, 2.45) is 0 Å². The Morgan fingerprint density at radius 2 is 1.73 bits per heavy atom. The van der Waals surface area contributed by atoms with Crippen LogP contribution in [0.1, 0.15) is 24.1 Å². The third-order valence-corrected chi connectivity index (χ3v) is 6.01. The summed E-state index contributed by atoms with van der Waals surface area (Å²) in [6.07, 6.45) is 7.83. The minimum absolute atomic E-state index is 0.0449. The van der Waals surface area contributed by atoms with Crippen LogP contribution in [0.4, 0.5) is 11.6 Å². The second-order valence-electron chi connectivity index (χ2n) is 8.00. The van der Waals surface area contributed by atoms with Crippen LogP contribution >= 0.6 is 0 Å². The summed E-state index contributed by atoms with van der Waals surface area (Å²) in [4.78, 5) is 30.8. The fraction of sp³-hybridized carbons (Fsp3) is 0.391. The highest BCUT2D eigenvalue weighted by atomic mass is 16.2. The number of aromatic nitrogens is 3. The molecule has 5 rings (SSSR count). The van der Waals surface area contributed by atoms with Crippen LogP contribution in [0, 0.1) is 0 Å². The van der Waals surface area contributed by atoms with Gasteiger partial charge in [-0.1, -0.05) is 18.2 Å². The van der Waals surface area contributed by atoms with E-state index in [2.05, 4.69) is 31.2 Å². The van der Waals surface area contributed by atoms with Crippen molar-refractivity contribution < 1.29 is 4.79 Å². The van der Waals surface area contributed by atoms with Crippen molar-refractivity contribution in [2.45, 2.75) is 25.7 Å². The maximum absolute atomic E-state index is 13.0. The van der Waals surface area contributed by atoms with Crippen LogP contribution < -0.4 is 10.2 Å². The van der Waals surface area contributed by atoms with Gasteiger partial charge in [-0.15, -0.1) is 0 Å². The number of nitrogens with one attached hydrogen (secondary N) is 1. The molecule has 3 heterocycles. The number of benzene rings is 1. The molecule has 0 spiro atoms. The maximum atomic E-state index is 13.0. The van der Waals surface area contributed by atoms with E-state index < -0.39 is 0 Å². The zero-order valence-electron chi connectivity index (χ0n) is 17.0. The van der Waals surface area contributed by atoms with Crippen LogP contribution in [0.15, 0.2) is 42.7 Å². The van der Waals surface area contributed by atoms with Gasteiger partial charge >= 0.3 is 0 Å². The molecule has 0 atom stereocenters. The summed E-state index contributed by atoms with van der Waals surface area (Å²) in [5.41, 5.74) is 4.30. The van der Waals surface area contributed by atoms with Gasteiger partial charge in [0.15, 0.2) is 0 Å². The lowest BCUT2D eigenvalue weighted by Gasteiger charge is -2.34. The van der Waals surface area contributed by atoms with Gasteiger partial charge in [0.1, 0.15) is 0 Å². The van der Waals surface area contributed by atoms with E-state index in [-0.39, 0.29) is 5.91 Å². The normalized spacial score (nSPS) is 17.0. The standard InChI is InChI=1S/C23H26N6O/c30-21(16-28-12-14-29(15-13-28)23-24-10-5-11-25-23)27-22-17-6-1-3-8-19(17)26-20-9-4-2-7-18(20)22/h1,3,5-6,8,10-11H,2,4,7,9,12-16H2,(H,26,27,30). The Morgan fingerprint density at radius 1 is 0.967 bits per heavy atom.